The molecule has 1 rings (SSSR count). The lowest BCUT2D eigenvalue weighted by molar-refractivity contribution is 0.0683. The number of hydrazine groups is 1. The Morgan fingerprint density at radius 3 is 2.67 bits per heavy atom. The minimum Gasteiger partial charge on any atom is -0.481 e. The fraction of sp³-hybridized carbons (Fsp3) is 0.125. The van der Waals surface area contributed by atoms with Crippen molar-refractivity contribution in [2.24, 2.45) is 5.84 Å². The fourth-order valence-corrected chi connectivity index (χ4v) is 0.979. The number of rotatable bonds is 3. The molecule has 7 heteroatoms. The van der Waals surface area contributed by atoms with Crippen LogP contribution in [0.25, 0.3) is 0 Å². The molecule has 0 saturated heterocycles. The Labute approximate surface area is 84.8 Å². The van der Waals surface area contributed by atoms with Crippen LogP contribution in [0.5, 0.6) is 5.88 Å². The van der Waals surface area contributed by atoms with E-state index in [4.69, 9.17) is 15.7 Å². The van der Waals surface area contributed by atoms with E-state index in [0.717, 1.165) is 0 Å². The van der Waals surface area contributed by atoms with E-state index in [0.29, 0.717) is 0 Å². The zero-order valence-corrected chi connectivity index (χ0v) is 7.85. The number of hydrogen-bond acceptors (Lipinski definition) is 5. The van der Waals surface area contributed by atoms with Gasteiger partial charge in [0, 0.05) is 6.07 Å². The van der Waals surface area contributed by atoms with Crippen molar-refractivity contribution in [1.29, 1.82) is 0 Å². The molecule has 0 aliphatic carbocycles. The number of carboxylic acids is 1. The van der Waals surface area contributed by atoms with Gasteiger partial charge in [0.1, 0.15) is 0 Å². The predicted octanol–water partition coefficient (Wildman–Crippen LogP) is -0.608. The van der Waals surface area contributed by atoms with Crippen molar-refractivity contribution in [3.8, 4) is 5.88 Å². The monoisotopic (exact) mass is 211 g/mol. The molecule has 1 aromatic rings. The Balaban J connectivity index is 3.27. The van der Waals surface area contributed by atoms with Crippen LogP contribution in [0, 0.1) is 0 Å². The largest absolute Gasteiger partial charge is 0.481 e. The van der Waals surface area contributed by atoms with E-state index in [-0.39, 0.29) is 11.4 Å². The number of nitrogens with zero attached hydrogens (tertiary/aromatic N) is 1. The van der Waals surface area contributed by atoms with E-state index < -0.39 is 17.6 Å². The average molecular weight is 211 g/mol. The first kappa shape index (κ1) is 10.9. The van der Waals surface area contributed by atoms with Gasteiger partial charge in [0.2, 0.25) is 5.88 Å². The summed E-state index contributed by atoms with van der Waals surface area (Å²) in [6, 6.07) is 2.65. The van der Waals surface area contributed by atoms with Crippen molar-refractivity contribution in [1.82, 2.24) is 10.4 Å². The molecule has 1 heterocycles. The van der Waals surface area contributed by atoms with Crippen LogP contribution in [0.4, 0.5) is 0 Å². The second kappa shape index (κ2) is 4.38. The number of nitrogen functional groups attached to an aromatic ring is 1. The number of carboxylic acid groups (broad SMARTS) is 1. The van der Waals surface area contributed by atoms with Crippen LogP contribution in [0.3, 0.4) is 0 Å². The van der Waals surface area contributed by atoms with E-state index in [2.05, 4.69) is 4.98 Å². The number of pyridine rings is 1. The predicted molar refractivity (Wildman–Crippen MR) is 49.4 cm³/mol. The molecule has 0 bridgehead atoms. The van der Waals surface area contributed by atoms with E-state index in [9.17, 15) is 9.59 Å². The molecule has 0 aliphatic heterocycles. The summed E-state index contributed by atoms with van der Waals surface area (Å²) >= 11 is 0. The first-order chi connectivity index (χ1) is 7.10. The minimum atomic E-state index is -1.33. The highest BCUT2D eigenvalue weighted by Crippen LogP contribution is 2.12. The van der Waals surface area contributed by atoms with Crippen molar-refractivity contribution in [3.05, 3.63) is 23.4 Å². The van der Waals surface area contributed by atoms with Gasteiger partial charge in [-0.25, -0.2) is 15.6 Å². The highest BCUT2D eigenvalue weighted by Gasteiger charge is 2.18. The maximum atomic E-state index is 11.2. The Hall–Kier alpha value is -2.15. The van der Waals surface area contributed by atoms with Gasteiger partial charge in [0.05, 0.1) is 12.7 Å². The summed E-state index contributed by atoms with van der Waals surface area (Å²) in [5.74, 6) is 2.96. The third-order valence-corrected chi connectivity index (χ3v) is 1.66. The number of amides is 1. The first-order valence-corrected chi connectivity index (χ1v) is 3.89. The summed E-state index contributed by atoms with van der Waals surface area (Å²) in [5.41, 5.74) is 1.31. The molecular formula is C8H9N3O4. The Kier molecular flexibility index (Phi) is 3.19. The maximum Gasteiger partial charge on any atom is 0.355 e. The number of carbonyl (C=O) groups excluding carboxylic acids is 1. The number of nitrogens with two attached hydrogens (primary N) is 1. The van der Waals surface area contributed by atoms with E-state index in [1.165, 1.54) is 19.2 Å². The van der Waals surface area contributed by atoms with Crippen molar-refractivity contribution in [2.75, 3.05) is 7.11 Å². The number of ether oxygens (including phenoxy) is 1. The molecule has 0 aromatic carbocycles. The summed E-state index contributed by atoms with van der Waals surface area (Å²) < 4.78 is 4.74. The van der Waals surface area contributed by atoms with E-state index in [1.807, 2.05) is 5.43 Å². The van der Waals surface area contributed by atoms with Crippen LogP contribution in [-0.4, -0.2) is 29.1 Å². The number of methoxy groups -OCH3 is 1. The Morgan fingerprint density at radius 2 is 2.20 bits per heavy atom. The van der Waals surface area contributed by atoms with Gasteiger partial charge in [-0.2, -0.15) is 0 Å². The molecule has 4 N–H and O–H groups in total. The van der Waals surface area contributed by atoms with Crippen LogP contribution in [0.1, 0.15) is 20.8 Å². The quantitative estimate of drug-likeness (QED) is 0.349. The number of aromatic carboxylic acids is 1. The van der Waals surface area contributed by atoms with E-state index in [1.54, 1.807) is 0 Å². The summed E-state index contributed by atoms with van der Waals surface area (Å²) in [6.07, 6.45) is 0. The lowest BCUT2D eigenvalue weighted by Crippen LogP contribution is -2.31. The summed E-state index contributed by atoms with van der Waals surface area (Å²) in [4.78, 5) is 25.6. The molecule has 0 aliphatic rings. The zero-order chi connectivity index (χ0) is 11.4. The maximum absolute atomic E-state index is 11.2. The van der Waals surface area contributed by atoms with Gasteiger partial charge >= 0.3 is 5.97 Å². The van der Waals surface area contributed by atoms with Crippen molar-refractivity contribution >= 4 is 11.9 Å². The molecule has 0 saturated carbocycles. The lowest BCUT2D eigenvalue weighted by atomic mass is 10.2. The standard InChI is InChI=1S/C8H9N3O4/c1-15-5-3-2-4(7(12)11-9)6(10-5)8(13)14/h2-3H,9H2,1H3,(H,11,12)(H,13,14). The van der Waals surface area contributed by atoms with Crippen LogP contribution in [0.2, 0.25) is 0 Å². The molecule has 1 aromatic heterocycles. The number of aromatic nitrogens is 1. The number of hydrogen-bond donors (Lipinski definition) is 3. The molecule has 0 atom stereocenters. The van der Waals surface area contributed by atoms with Crippen molar-refractivity contribution < 1.29 is 19.4 Å². The van der Waals surface area contributed by atoms with Gasteiger partial charge in [-0.1, -0.05) is 0 Å². The zero-order valence-electron chi connectivity index (χ0n) is 7.85. The van der Waals surface area contributed by atoms with Gasteiger partial charge in [-0.3, -0.25) is 10.2 Å². The van der Waals surface area contributed by atoms with E-state index >= 15 is 0 Å². The molecule has 0 unspecified atom stereocenters. The topological polar surface area (TPSA) is 115 Å². The van der Waals surface area contributed by atoms with Gasteiger partial charge in [0.15, 0.2) is 5.69 Å². The van der Waals surface area contributed by atoms with Gasteiger partial charge in [0.25, 0.3) is 5.91 Å². The molecular weight excluding hydrogens is 202 g/mol. The Bertz CT molecular complexity index is 405. The second-order valence-electron chi connectivity index (χ2n) is 2.53. The minimum absolute atomic E-state index is 0.112. The smallest absolute Gasteiger partial charge is 0.355 e. The highest BCUT2D eigenvalue weighted by atomic mass is 16.5. The van der Waals surface area contributed by atoms with Crippen LogP contribution < -0.4 is 16.0 Å². The molecule has 0 spiro atoms. The molecule has 0 fully saturated rings. The first-order valence-electron chi connectivity index (χ1n) is 3.89. The van der Waals surface area contributed by atoms with Crippen molar-refractivity contribution in [3.63, 3.8) is 0 Å². The van der Waals surface area contributed by atoms with Crippen LogP contribution in [0.15, 0.2) is 12.1 Å². The van der Waals surface area contributed by atoms with Crippen LogP contribution >= 0.6 is 0 Å². The van der Waals surface area contributed by atoms with Crippen LogP contribution in [-0.2, 0) is 0 Å². The third-order valence-electron chi connectivity index (χ3n) is 1.66. The molecule has 7 nitrogen and oxygen atoms in total. The fourth-order valence-electron chi connectivity index (χ4n) is 0.979. The molecule has 0 radical (unpaired) electrons. The van der Waals surface area contributed by atoms with Gasteiger partial charge in [-0.05, 0) is 6.07 Å². The molecule has 80 valence electrons. The number of carbonyl (C=O) groups is 2. The summed E-state index contributed by atoms with van der Waals surface area (Å²) in [7, 11) is 1.34. The SMILES string of the molecule is COc1ccc(C(=O)NN)c(C(=O)O)n1. The second-order valence-corrected chi connectivity index (χ2v) is 2.53. The molecule has 1 amide bonds. The lowest BCUT2D eigenvalue weighted by Gasteiger charge is -2.05. The van der Waals surface area contributed by atoms with Gasteiger partial charge in [-0.15, -0.1) is 0 Å². The molecule has 15 heavy (non-hydrogen) atoms. The van der Waals surface area contributed by atoms with Crippen molar-refractivity contribution in [2.45, 2.75) is 0 Å². The summed E-state index contributed by atoms with van der Waals surface area (Å²) in [5, 5.41) is 8.79. The number of nitrogens with one attached hydrogen (secondary N) is 1. The van der Waals surface area contributed by atoms with Gasteiger partial charge < -0.3 is 9.84 Å². The Morgan fingerprint density at radius 1 is 1.53 bits per heavy atom. The average Bonchev–Trinajstić information content (AvgIpc) is 2.27. The highest BCUT2D eigenvalue weighted by molar-refractivity contribution is 6.03. The summed E-state index contributed by atoms with van der Waals surface area (Å²) in [6.45, 7) is 0. The normalized spacial score (nSPS) is 9.47. The third kappa shape index (κ3) is 2.20.